The average Bonchev–Trinajstić information content (AvgIpc) is 2.30. The standard InChI is InChI=1S/C12H24O3P2/c1-11(7-8-15-17-16)5-4-6-12(2)9-14-10-13-3/h6-7,17H,4-5,8-10,16H2,1-3H3. The molecule has 0 aliphatic heterocycles. The highest BCUT2D eigenvalue weighted by atomic mass is 32.0. The Kier molecular flexibility index (Phi) is 12.8. The van der Waals surface area contributed by atoms with E-state index in [9.17, 15) is 0 Å². The largest absolute Gasteiger partial charge is 0.359 e. The SMILES string of the molecule is COCOCC(C)=CCCC(C)=CCOPP. The lowest BCUT2D eigenvalue weighted by Crippen LogP contribution is -1.99. The molecule has 0 bridgehead atoms. The molecule has 0 heterocycles. The van der Waals surface area contributed by atoms with Crippen molar-refractivity contribution in [2.45, 2.75) is 26.7 Å². The van der Waals surface area contributed by atoms with Crippen molar-refractivity contribution < 1.29 is 14.0 Å². The lowest BCUT2D eigenvalue weighted by Gasteiger charge is -2.03. The van der Waals surface area contributed by atoms with E-state index in [2.05, 4.69) is 34.9 Å². The van der Waals surface area contributed by atoms with E-state index in [1.807, 2.05) is 0 Å². The van der Waals surface area contributed by atoms with Crippen LogP contribution in [-0.4, -0.2) is 27.1 Å². The van der Waals surface area contributed by atoms with E-state index in [1.165, 1.54) is 11.1 Å². The van der Waals surface area contributed by atoms with Gasteiger partial charge < -0.3 is 14.0 Å². The third-order valence-electron chi connectivity index (χ3n) is 2.16. The first-order chi connectivity index (χ1) is 8.20. The fourth-order valence-corrected chi connectivity index (χ4v) is 1.69. The smallest absolute Gasteiger partial charge is 0.146 e. The van der Waals surface area contributed by atoms with Crippen LogP contribution in [0.5, 0.6) is 0 Å². The molecule has 0 N–H and O–H groups in total. The van der Waals surface area contributed by atoms with Gasteiger partial charge in [0.2, 0.25) is 0 Å². The van der Waals surface area contributed by atoms with E-state index in [0.29, 0.717) is 28.5 Å². The molecule has 0 saturated carbocycles. The summed E-state index contributed by atoms with van der Waals surface area (Å²) in [4.78, 5) is 0. The molecule has 0 aromatic heterocycles. The summed E-state index contributed by atoms with van der Waals surface area (Å²) in [7, 11) is 4.69. The Hall–Kier alpha value is 0.220. The van der Waals surface area contributed by atoms with Gasteiger partial charge in [-0.3, -0.25) is 0 Å². The summed E-state index contributed by atoms with van der Waals surface area (Å²) in [5, 5.41) is 0. The minimum Gasteiger partial charge on any atom is -0.359 e. The Morgan fingerprint density at radius 2 is 2.00 bits per heavy atom. The molecule has 0 aromatic rings. The van der Waals surface area contributed by atoms with E-state index in [0.717, 1.165) is 12.8 Å². The number of allylic oxidation sites excluding steroid dienone is 2. The van der Waals surface area contributed by atoms with Gasteiger partial charge in [-0.25, -0.2) is 0 Å². The van der Waals surface area contributed by atoms with Crippen molar-refractivity contribution in [3.63, 3.8) is 0 Å². The maximum Gasteiger partial charge on any atom is 0.146 e. The van der Waals surface area contributed by atoms with Crippen LogP contribution in [0.1, 0.15) is 26.7 Å². The number of methoxy groups -OCH3 is 1. The molecule has 0 saturated heterocycles. The predicted molar refractivity (Wildman–Crippen MR) is 78.6 cm³/mol. The first-order valence-electron chi connectivity index (χ1n) is 5.66. The number of hydrogen-bond acceptors (Lipinski definition) is 3. The van der Waals surface area contributed by atoms with Crippen LogP contribution >= 0.6 is 17.4 Å². The maximum atomic E-state index is 5.26. The monoisotopic (exact) mass is 278 g/mol. The Bertz CT molecular complexity index is 240. The quantitative estimate of drug-likeness (QED) is 0.264. The number of ether oxygens (including phenoxy) is 2. The highest BCUT2D eigenvalue weighted by Crippen LogP contribution is 2.21. The van der Waals surface area contributed by atoms with Crippen LogP contribution in [-0.2, 0) is 14.0 Å². The molecule has 0 spiro atoms. The molecule has 0 fully saturated rings. The molecule has 0 radical (unpaired) electrons. The summed E-state index contributed by atoms with van der Waals surface area (Å²) < 4.78 is 15.3. The van der Waals surface area contributed by atoms with E-state index >= 15 is 0 Å². The second-order valence-electron chi connectivity index (χ2n) is 3.82. The number of hydrogen-bond donors (Lipinski definition) is 0. The van der Waals surface area contributed by atoms with Crippen molar-refractivity contribution in [1.29, 1.82) is 0 Å². The molecule has 3 nitrogen and oxygen atoms in total. The van der Waals surface area contributed by atoms with Gasteiger partial charge in [-0.2, -0.15) is 0 Å². The first-order valence-corrected chi connectivity index (χ1v) is 8.37. The van der Waals surface area contributed by atoms with Crippen molar-refractivity contribution in [1.82, 2.24) is 0 Å². The van der Waals surface area contributed by atoms with Crippen LogP contribution in [0, 0.1) is 0 Å². The minimum absolute atomic E-state index is 0.358. The lowest BCUT2D eigenvalue weighted by molar-refractivity contribution is -0.0211. The van der Waals surface area contributed by atoms with Crippen LogP contribution in [0.3, 0.4) is 0 Å². The van der Waals surface area contributed by atoms with Crippen molar-refractivity contribution in [2.75, 3.05) is 27.1 Å². The minimum atomic E-state index is 0.358. The lowest BCUT2D eigenvalue weighted by atomic mass is 10.1. The Morgan fingerprint density at radius 3 is 2.65 bits per heavy atom. The zero-order chi connectivity index (χ0) is 12.9. The molecule has 2 unspecified atom stereocenters. The summed E-state index contributed by atoms with van der Waals surface area (Å²) in [5.74, 6) is 0. The van der Waals surface area contributed by atoms with Crippen LogP contribution in [0.25, 0.3) is 0 Å². The summed E-state index contributed by atoms with van der Waals surface area (Å²) in [5.41, 5.74) is 2.62. The summed E-state index contributed by atoms with van der Waals surface area (Å²) in [6, 6.07) is 0. The Morgan fingerprint density at radius 1 is 1.24 bits per heavy atom. The summed E-state index contributed by atoms with van der Waals surface area (Å²) >= 11 is 0. The second-order valence-corrected chi connectivity index (χ2v) is 5.05. The highest BCUT2D eigenvalue weighted by Gasteiger charge is 1.92. The normalized spacial score (nSPS) is 13.9. The van der Waals surface area contributed by atoms with Gasteiger partial charge in [0.15, 0.2) is 0 Å². The molecule has 0 aliphatic rings. The van der Waals surface area contributed by atoms with Crippen molar-refractivity contribution in [3.8, 4) is 0 Å². The molecule has 100 valence electrons. The van der Waals surface area contributed by atoms with E-state index in [-0.39, 0.29) is 0 Å². The topological polar surface area (TPSA) is 27.7 Å². The average molecular weight is 278 g/mol. The molecule has 0 amide bonds. The van der Waals surface area contributed by atoms with Crippen LogP contribution in [0.2, 0.25) is 0 Å². The molecule has 2 atom stereocenters. The maximum absolute atomic E-state index is 5.26. The molecular formula is C12H24O3P2. The zero-order valence-electron chi connectivity index (χ0n) is 11.0. The number of rotatable bonds is 10. The van der Waals surface area contributed by atoms with Crippen molar-refractivity contribution >= 4 is 17.4 Å². The van der Waals surface area contributed by atoms with Crippen molar-refractivity contribution in [2.24, 2.45) is 0 Å². The summed E-state index contributed by atoms with van der Waals surface area (Å²) in [6.45, 7) is 5.94. The van der Waals surface area contributed by atoms with Gasteiger partial charge in [0.25, 0.3) is 0 Å². The van der Waals surface area contributed by atoms with Gasteiger partial charge in [-0.05, 0) is 26.7 Å². The highest BCUT2D eigenvalue weighted by molar-refractivity contribution is 8.00. The molecule has 0 rings (SSSR count). The molecule has 17 heavy (non-hydrogen) atoms. The predicted octanol–water partition coefficient (Wildman–Crippen LogP) is 3.68. The third-order valence-corrected chi connectivity index (χ3v) is 2.99. The van der Waals surface area contributed by atoms with Gasteiger partial charge >= 0.3 is 0 Å². The molecule has 0 aliphatic carbocycles. The molecule has 5 heteroatoms. The van der Waals surface area contributed by atoms with Gasteiger partial charge in [-0.15, -0.1) is 0 Å². The van der Waals surface area contributed by atoms with Gasteiger partial charge in [0, 0.05) is 15.6 Å². The van der Waals surface area contributed by atoms with Crippen LogP contribution < -0.4 is 0 Å². The Labute approximate surface area is 109 Å². The van der Waals surface area contributed by atoms with Crippen molar-refractivity contribution in [3.05, 3.63) is 23.3 Å². The van der Waals surface area contributed by atoms with Crippen LogP contribution in [0.15, 0.2) is 23.3 Å². The second kappa shape index (κ2) is 12.7. The summed E-state index contributed by atoms with van der Waals surface area (Å²) in [6.07, 6.45) is 6.48. The molecule has 0 aromatic carbocycles. The van der Waals surface area contributed by atoms with E-state index < -0.39 is 0 Å². The zero-order valence-corrected chi connectivity index (χ0v) is 13.1. The van der Waals surface area contributed by atoms with Crippen LogP contribution in [0.4, 0.5) is 0 Å². The van der Waals surface area contributed by atoms with E-state index in [4.69, 9.17) is 14.0 Å². The molecular weight excluding hydrogens is 254 g/mol. The van der Waals surface area contributed by atoms with Gasteiger partial charge in [0.1, 0.15) is 6.79 Å². The fraction of sp³-hybridized carbons (Fsp3) is 0.667. The van der Waals surface area contributed by atoms with Gasteiger partial charge in [0.05, 0.1) is 13.2 Å². The first kappa shape index (κ1) is 17.2. The fourth-order valence-electron chi connectivity index (χ4n) is 1.23. The Balaban J connectivity index is 3.65. The van der Waals surface area contributed by atoms with E-state index in [1.54, 1.807) is 7.11 Å². The third kappa shape index (κ3) is 12.5. The van der Waals surface area contributed by atoms with Gasteiger partial charge in [-0.1, -0.05) is 32.2 Å².